The first-order chi connectivity index (χ1) is 16.4. The zero-order valence-corrected chi connectivity index (χ0v) is 19.4. The Morgan fingerprint density at radius 1 is 0.618 bits per heavy atom. The fraction of sp³-hybridized carbons (Fsp3) is 0.417. The van der Waals surface area contributed by atoms with Crippen LogP contribution in [0.1, 0.15) is 25.7 Å². The van der Waals surface area contributed by atoms with Crippen LogP contribution in [0.15, 0.2) is 36.4 Å². The second-order valence-electron chi connectivity index (χ2n) is 7.23. The van der Waals surface area contributed by atoms with E-state index in [4.69, 9.17) is 18.9 Å². The molecule has 0 saturated heterocycles. The molecular weight excluding hydrogens is 444 g/mol. The van der Waals surface area contributed by atoms with Crippen LogP contribution in [0.3, 0.4) is 0 Å². The van der Waals surface area contributed by atoms with Gasteiger partial charge in [0.05, 0.1) is 26.1 Å². The van der Waals surface area contributed by atoms with Crippen LogP contribution < -0.4 is 10.6 Å². The van der Waals surface area contributed by atoms with E-state index in [1.54, 1.807) is 24.3 Å². The van der Waals surface area contributed by atoms with Crippen LogP contribution in [0.25, 0.3) is 10.8 Å². The second-order valence-corrected chi connectivity index (χ2v) is 7.23. The Kier molecular flexibility index (Phi) is 11.5. The summed E-state index contributed by atoms with van der Waals surface area (Å²) in [5.41, 5.74) is 1.10. The number of nitrogens with one attached hydrogen (secondary N) is 2. The molecule has 2 aromatic carbocycles. The van der Waals surface area contributed by atoms with Crippen LogP contribution in [0.5, 0.6) is 0 Å². The van der Waals surface area contributed by atoms with Crippen molar-refractivity contribution in [3.63, 3.8) is 0 Å². The largest absolute Gasteiger partial charge is 0.463 e. The van der Waals surface area contributed by atoms with Crippen molar-refractivity contribution < 1.29 is 38.1 Å². The first-order valence-electron chi connectivity index (χ1n) is 10.8. The minimum atomic E-state index is -0.474. The van der Waals surface area contributed by atoms with Crippen LogP contribution in [-0.2, 0) is 38.1 Å². The van der Waals surface area contributed by atoms with E-state index >= 15 is 0 Å². The quantitative estimate of drug-likeness (QED) is 0.316. The molecule has 0 radical (unpaired) electrons. The number of carbonyl (C=O) groups is 4. The summed E-state index contributed by atoms with van der Waals surface area (Å²) in [6, 6.07) is 10.6. The Balaban J connectivity index is 1.95. The van der Waals surface area contributed by atoms with Gasteiger partial charge in [0.1, 0.15) is 13.2 Å². The van der Waals surface area contributed by atoms with E-state index < -0.39 is 11.9 Å². The highest BCUT2D eigenvalue weighted by molar-refractivity contribution is 6.09. The second kappa shape index (κ2) is 14.6. The van der Waals surface area contributed by atoms with Crippen molar-refractivity contribution in [3.8, 4) is 0 Å². The Morgan fingerprint density at radius 3 is 1.41 bits per heavy atom. The normalized spacial score (nSPS) is 10.5. The topological polar surface area (TPSA) is 129 Å². The number of fused-ring (bicyclic) bond motifs is 1. The molecule has 10 nitrogen and oxygen atoms in total. The number of carbonyl (C=O) groups excluding carboxylic acids is 4. The Labute approximate surface area is 197 Å². The highest BCUT2D eigenvalue weighted by atomic mass is 16.6. The van der Waals surface area contributed by atoms with Gasteiger partial charge in [-0.25, -0.2) is 0 Å². The number of hydrogen-bond donors (Lipinski definition) is 2. The molecule has 0 aliphatic rings. The highest BCUT2D eigenvalue weighted by Crippen LogP contribution is 2.29. The molecule has 10 heteroatoms. The predicted molar refractivity (Wildman–Crippen MR) is 125 cm³/mol. The summed E-state index contributed by atoms with van der Waals surface area (Å²) < 4.78 is 19.5. The maximum Gasteiger partial charge on any atom is 0.306 e. The van der Waals surface area contributed by atoms with Crippen LogP contribution in [0.4, 0.5) is 11.4 Å². The molecule has 0 atom stereocenters. The number of anilines is 2. The van der Waals surface area contributed by atoms with Crippen molar-refractivity contribution in [2.75, 3.05) is 51.3 Å². The highest BCUT2D eigenvalue weighted by Gasteiger charge is 2.13. The van der Waals surface area contributed by atoms with E-state index in [1.807, 2.05) is 12.1 Å². The number of amides is 2. The average molecular weight is 475 g/mol. The number of benzene rings is 2. The zero-order valence-electron chi connectivity index (χ0n) is 19.4. The third-order valence-electron chi connectivity index (χ3n) is 4.68. The number of esters is 2. The van der Waals surface area contributed by atoms with Gasteiger partial charge in [0.15, 0.2) is 0 Å². The maximum atomic E-state index is 12.3. The fourth-order valence-electron chi connectivity index (χ4n) is 3.01. The van der Waals surface area contributed by atoms with Crippen LogP contribution in [-0.4, -0.2) is 64.4 Å². The summed E-state index contributed by atoms with van der Waals surface area (Å²) >= 11 is 0. The lowest BCUT2D eigenvalue weighted by Gasteiger charge is -2.13. The monoisotopic (exact) mass is 474 g/mol. The molecule has 0 spiro atoms. The number of methoxy groups -OCH3 is 2. The zero-order chi connectivity index (χ0) is 24.8. The van der Waals surface area contributed by atoms with E-state index in [0.29, 0.717) is 24.6 Å². The molecule has 0 aliphatic carbocycles. The fourth-order valence-corrected chi connectivity index (χ4v) is 3.01. The average Bonchev–Trinajstić information content (AvgIpc) is 2.82. The van der Waals surface area contributed by atoms with E-state index in [1.165, 1.54) is 14.2 Å². The molecule has 2 rings (SSSR count). The first kappa shape index (κ1) is 26.7. The molecular formula is C24H30N2O8. The minimum Gasteiger partial charge on any atom is -0.463 e. The van der Waals surface area contributed by atoms with E-state index in [0.717, 1.165) is 10.8 Å². The molecule has 2 amide bonds. The van der Waals surface area contributed by atoms with Gasteiger partial charge in [-0.15, -0.1) is 0 Å². The lowest BCUT2D eigenvalue weighted by atomic mass is 10.1. The molecule has 2 aromatic rings. The third kappa shape index (κ3) is 9.16. The summed E-state index contributed by atoms with van der Waals surface area (Å²) in [5, 5.41) is 7.03. The summed E-state index contributed by atoms with van der Waals surface area (Å²) in [6.45, 7) is 0.879. The molecule has 0 aromatic heterocycles. The SMILES string of the molecule is COCCOC(=O)CCC(=O)Nc1cccc2c(NC(=O)CCC(=O)OCCOC)cccc12. The van der Waals surface area contributed by atoms with Gasteiger partial charge in [-0.3, -0.25) is 19.2 Å². The van der Waals surface area contributed by atoms with Crippen molar-refractivity contribution in [1.29, 1.82) is 0 Å². The van der Waals surface area contributed by atoms with Gasteiger partial charge in [-0.1, -0.05) is 24.3 Å². The van der Waals surface area contributed by atoms with Gasteiger partial charge in [0.25, 0.3) is 0 Å². The molecule has 0 aliphatic heterocycles. The van der Waals surface area contributed by atoms with Crippen molar-refractivity contribution in [2.45, 2.75) is 25.7 Å². The molecule has 2 N–H and O–H groups in total. The minimum absolute atomic E-state index is 0.0287. The molecule has 0 fully saturated rings. The lowest BCUT2D eigenvalue weighted by molar-refractivity contribution is -0.146. The Bertz CT molecular complexity index is 913. The number of ether oxygens (including phenoxy) is 4. The Morgan fingerprint density at radius 2 is 1.03 bits per heavy atom. The van der Waals surface area contributed by atoms with Gasteiger partial charge in [0, 0.05) is 49.2 Å². The summed E-state index contributed by atoms with van der Waals surface area (Å²) in [6.07, 6.45) is -0.150. The predicted octanol–water partition coefficient (Wildman–Crippen LogP) is 2.66. The van der Waals surface area contributed by atoms with E-state index in [-0.39, 0.29) is 50.7 Å². The Hall–Kier alpha value is -3.50. The smallest absolute Gasteiger partial charge is 0.306 e. The molecule has 0 heterocycles. The molecule has 0 bridgehead atoms. The van der Waals surface area contributed by atoms with Crippen molar-refractivity contribution >= 4 is 45.9 Å². The van der Waals surface area contributed by atoms with Crippen molar-refractivity contribution in [3.05, 3.63) is 36.4 Å². The van der Waals surface area contributed by atoms with Crippen LogP contribution >= 0.6 is 0 Å². The third-order valence-corrected chi connectivity index (χ3v) is 4.68. The standard InChI is InChI=1S/C24H30N2O8/c1-31-13-15-33-23(29)11-9-21(27)25-19-7-3-6-18-17(19)5-4-8-20(18)26-22(28)10-12-24(30)34-16-14-32-2/h3-8H,9-16H2,1-2H3,(H,25,27)(H,26,28). The van der Waals surface area contributed by atoms with Gasteiger partial charge in [0.2, 0.25) is 11.8 Å². The van der Waals surface area contributed by atoms with Gasteiger partial charge >= 0.3 is 11.9 Å². The van der Waals surface area contributed by atoms with Gasteiger partial charge < -0.3 is 29.6 Å². The molecule has 184 valence electrons. The molecule has 0 saturated carbocycles. The summed E-state index contributed by atoms with van der Waals surface area (Å²) in [5.74, 6) is -1.62. The van der Waals surface area contributed by atoms with Crippen molar-refractivity contribution in [1.82, 2.24) is 0 Å². The van der Waals surface area contributed by atoms with Crippen LogP contribution in [0.2, 0.25) is 0 Å². The van der Waals surface area contributed by atoms with E-state index in [2.05, 4.69) is 10.6 Å². The van der Waals surface area contributed by atoms with Crippen molar-refractivity contribution in [2.24, 2.45) is 0 Å². The number of rotatable bonds is 14. The molecule has 0 unspecified atom stereocenters. The summed E-state index contributed by atoms with van der Waals surface area (Å²) in [7, 11) is 3.01. The lowest BCUT2D eigenvalue weighted by Crippen LogP contribution is -2.16. The van der Waals surface area contributed by atoms with E-state index in [9.17, 15) is 19.2 Å². The first-order valence-corrected chi connectivity index (χ1v) is 10.8. The number of hydrogen-bond acceptors (Lipinski definition) is 8. The summed E-state index contributed by atoms with van der Waals surface area (Å²) in [4.78, 5) is 48.0. The van der Waals surface area contributed by atoms with Crippen LogP contribution in [0, 0.1) is 0 Å². The molecule has 34 heavy (non-hydrogen) atoms. The maximum absolute atomic E-state index is 12.3. The van der Waals surface area contributed by atoms with Gasteiger partial charge in [-0.05, 0) is 12.1 Å². The van der Waals surface area contributed by atoms with Gasteiger partial charge in [-0.2, -0.15) is 0 Å².